The Kier molecular flexibility index (Phi) is 7.12. The minimum atomic E-state index is -0.721. The van der Waals surface area contributed by atoms with Gasteiger partial charge >= 0.3 is 0 Å². The average molecular weight is 480 g/mol. The molecule has 35 heavy (non-hydrogen) atoms. The summed E-state index contributed by atoms with van der Waals surface area (Å²) in [5.74, 6) is -0.380. The molecule has 4 aromatic rings. The molecule has 0 spiro atoms. The Morgan fingerprint density at radius 2 is 1.86 bits per heavy atom. The van der Waals surface area contributed by atoms with Gasteiger partial charge in [-0.2, -0.15) is 0 Å². The summed E-state index contributed by atoms with van der Waals surface area (Å²) in [7, 11) is 0. The number of phenols is 1. The van der Waals surface area contributed by atoms with Crippen molar-refractivity contribution in [3.63, 3.8) is 0 Å². The van der Waals surface area contributed by atoms with Crippen molar-refractivity contribution in [3.05, 3.63) is 60.5 Å². The fraction of sp³-hybridized carbons (Fsp3) is 0.320. The van der Waals surface area contributed by atoms with Crippen LogP contribution in [-0.2, 0) is 9.47 Å². The molecule has 0 saturated carbocycles. The lowest BCUT2D eigenvalue weighted by molar-refractivity contribution is 0.0170. The van der Waals surface area contributed by atoms with Gasteiger partial charge in [0.05, 0.1) is 49.5 Å². The summed E-state index contributed by atoms with van der Waals surface area (Å²) >= 11 is 0. The number of halogens is 1. The number of hydrogen-bond acceptors (Lipinski definition) is 8. The molecule has 1 aliphatic heterocycles. The minimum Gasteiger partial charge on any atom is -0.505 e. The van der Waals surface area contributed by atoms with E-state index < -0.39 is 11.6 Å². The number of nitrogens with zero attached hydrogens (tertiary/aromatic N) is 5. The third-order valence-corrected chi connectivity index (χ3v) is 5.76. The second-order valence-corrected chi connectivity index (χ2v) is 8.15. The molecule has 2 aromatic heterocycles. The van der Waals surface area contributed by atoms with Gasteiger partial charge in [0.15, 0.2) is 11.6 Å². The molecular formula is C25H26FN5O4. The largest absolute Gasteiger partial charge is 0.505 e. The van der Waals surface area contributed by atoms with Crippen molar-refractivity contribution < 1.29 is 23.7 Å². The van der Waals surface area contributed by atoms with E-state index in [1.54, 1.807) is 12.3 Å². The van der Waals surface area contributed by atoms with Gasteiger partial charge in [0.25, 0.3) is 0 Å². The van der Waals surface area contributed by atoms with Crippen molar-refractivity contribution in [3.8, 4) is 28.6 Å². The molecule has 0 unspecified atom stereocenters. The molecule has 0 amide bonds. The van der Waals surface area contributed by atoms with Gasteiger partial charge in [-0.05, 0) is 36.4 Å². The lowest BCUT2D eigenvalue weighted by Crippen LogP contribution is -2.38. The Labute approximate surface area is 201 Å². The monoisotopic (exact) mass is 479 g/mol. The third kappa shape index (κ3) is 5.73. The molecular weight excluding hydrogens is 453 g/mol. The molecule has 9 nitrogen and oxygen atoms in total. The van der Waals surface area contributed by atoms with Gasteiger partial charge in [-0.3, -0.25) is 4.90 Å². The second-order valence-electron chi connectivity index (χ2n) is 8.15. The molecule has 1 saturated heterocycles. The van der Waals surface area contributed by atoms with Crippen LogP contribution in [0.4, 0.5) is 4.39 Å². The van der Waals surface area contributed by atoms with E-state index in [0.717, 1.165) is 49.5 Å². The maximum Gasteiger partial charge on any atom is 0.166 e. The van der Waals surface area contributed by atoms with Crippen LogP contribution in [0.5, 0.6) is 11.5 Å². The number of morpholine rings is 1. The maximum absolute atomic E-state index is 13.7. The summed E-state index contributed by atoms with van der Waals surface area (Å²) in [4.78, 5) is 7.00. The lowest BCUT2D eigenvalue weighted by atomic mass is 10.2. The summed E-state index contributed by atoms with van der Waals surface area (Å²) in [6.45, 7) is 6.10. The smallest absolute Gasteiger partial charge is 0.166 e. The zero-order valence-corrected chi connectivity index (χ0v) is 19.1. The summed E-state index contributed by atoms with van der Waals surface area (Å²) in [6, 6.07) is 13.5. The molecule has 1 fully saturated rings. The maximum atomic E-state index is 13.7. The highest BCUT2D eigenvalue weighted by Gasteiger charge is 2.11. The molecule has 3 heterocycles. The predicted octanol–water partition coefficient (Wildman–Crippen LogP) is 3.05. The normalized spacial score (nSPS) is 14.4. The first-order valence-electron chi connectivity index (χ1n) is 11.5. The number of phenolic OH excluding ortho intramolecular Hbond substituents is 1. The lowest BCUT2D eigenvalue weighted by Gasteiger charge is -2.26. The van der Waals surface area contributed by atoms with Crippen LogP contribution in [0.1, 0.15) is 0 Å². The van der Waals surface area contributed by atoms with Crippen molar-refractivity contribution in [1.82, 2.24) is 24.9 Å². The Bertz CT molecular complexity index is 1290. The van der Waals surface area contributed by atoms with Crippen LogP contribution < -0.4 is 4.74 Å². The summed E-state index contributed by atoms with van der Waals surface area (Å²) in [6.07, 6.45) is 1.66. The second kappa shape index (κ2) is 10.8. The van der Waals surface area contributed by atoms with Gasteiger partial charge in [0.2, 0.25) is 0 Å². The van der Waals surface area contributed by atoms with E-state index in [2.05, 4.69) is 20.2 Å². The number of fused-ring (bicyclic) bond motifs is 1. The Balaban J connectivity index is 1.16. The van der Waals surface area contributed by atoms with E-state index in [1.165, 1.54) is 16.8 Å². The fourth-order valence-electron chi connectivity index (χ4n) is 3.82. The van der Waals surface area contributed by atoms with Crippen LogP contribution in [0.2, 0.25) is 0 Å². The van der Waals surface area contributed by atoms with Gasteiger partial charge in [-0.15, -0.1) is 5.10 Å². The first kappa shape index (κ1) is 23.2. The number of aromatic nitrogens is 4. The molecule has 182 valence electrons. The van der Waals surface area contributed by atoms with Crippen molar-refractivity contribution in [1.29, 1.82) is 0 Å². The number of rotatable bonds is 9. The molecule has 5 rings (SSSR count). The molecule has 0 aliphatic carbocycles. The molecule has 10 heteroatoms. The molecule has 2 aromatic carbocycles. The fourth-order valence-corrected chi connectivity index (χ4v) is 3.82. The van der Waals surface area contributed by atoms with Crippen LogP contribution in [0, 0.1) is 5.82 Å². The summed E-state index contributed by atoms with van der Waals surface area (Å²) in [5.41, 5.74) is 2.44. The van der Waals surface area contributed by atoms with Gasteiger partial charge in [-0.25, -0.2) is 14.1 Å². The molecule has 1 aliphatic rings. The van der Waals surface area contributed by atoms with Crippen LogP contribution in [0.15, 0.2) is 54.7 Å². The summed E-state index contributed by atoms with van der Waals surface area (Å²) in [5, 5.41) is 18.5. The minimum absolute atomic E-state index is 0.412. The highest BCUT2D eigenvalue weighted by molar-refractivity contribution is 5.82. The van der Waals surface area contributed by atoms with Crippen LogP contribution in [0.3, 0.4) is 0 Å². The zero-order chi connectivity index (χ0) is 24.0. The standard InChI is InChI=1S/C25H26FN5O4/c26-21-16-19(2-6-25(21)32)31-17-24(28-29-31)23-4-1-18-15-20(3-5-22(18)27-23)35-14-13-34-12-9-30-7-10-33-11-8-30/h1-6,15-17,32H,7-14H2. The van der Waals surface area contributed by atoms with Crippen molar-refractivity contribution in [2.75, 3.05) is 52.7 Å². The Morgan fingerprint density at radius 1 is 0.971 bits per heavy atom. The van der Waals surface area contributed by atoms with Gasteiger partial charge in [0.1, 0.15) is 18.1 Å². The van der Waals surface area contributed by atoms with Crippen LogP contribution in [0.25, 0.3) is 28.0 Å². The first-order valence-corrected chi connectivity index (χ1v) is 11.5. The topological polar surface area (TPSA) is 94.8 Å². The number of aromatic hydroxyl groups is 1. The highest BCUT2D eigenvalue weighted by atomic mass is 19.1. The van der Waals surface area contributed by atoms with E-state index in [-0.39, 0.29) is 0 Å². The first-order chi connectivity index (χ1) is 17.2. The number of ether oxygens (including phenoxy) is 3. The van der Waals surface area contributed by atoms with Crippen LogP contribution in [-0.4, -0.2) is 82.7 Å². The van der Waals surface area contributed by atoms with Crippen molar-refractivity contribution in [2.24, 2.45) is 0 Å². The highest BCUT2D eigenvalue weighted by Crippen LogP contribution is 2.24. The average Bonchev–Trinajstić information content (AvgIpc) is 3.38. The Morgan fingerprint density at radius 3 is 2.71 bits per heavy atom. The Hall–Kier alpha value is -3.60. The van der Waals surface area contributed by atoms with Crippen molar-refractivity contribution in [2.45, 2.75) is 0 Å². The SMILES string of the molecule is Oc1ccc(-n2cc(-c3ccc4cc(OCCOCCN5CCOCC5)ccc4n3)nn2)cc1F. The number of hydrogen-bond donors (Lipinski definition) is 1. The summed E-state index contributed by atoms with van der Waals surface area (Å²) < 4.78 is 32.0. The van der Waals surface area contributed by atoms with Gasteiger partial charge in [0, 0.05) is 31.1 Å². The van der Waals surface area contributed by atoms with Gasteiger partial charge in [-0.1, -0.05) is 11.3 Å². The van der Waals surface area contributed by atoms with E-state index >= 15 is 0 Å². The molecule has 0 radical (unpaired) electrons. The van der Waals surface area contributed by atoms with Crippen LogP contribution >= 0.6 is 0 Å². The van der Waals surface area contributed by atoms with E-state index in [4.69, 9.17) is 14.2 Å². The zero-order valence-electron chi connectivity index (χ0n) is 19.1. The van der Waals surface area contributed by atoms with E-state index in [1.807, 2.05) is 30.3 Å². The number of benzene rings is 2. The van der Waals surface area contributed by atoms with E-state index in [9.17, 15) is 9.50 Å². The molecule has 0 bridgehead atoms. The van der Waals surface area contributed by atoms with Crippen molar-refractivity contribution >= 4 is 10.9 Å². The molecule has 1 N–H and O–H groups in total. The number of pyridine rings is 1. The van der Waals surface area contributed by atoms with Gasteiger partial charge < -0.3 is 19.3 Å². The van der Waals surface area contributed by atoms with E-state index in [0.29, 0.717) is 36.9 Å². The predicted molar refractivity (Wildman–Crippen MR) is 127 cm³/mol. The quantitative estimate of drug-likeness (QED) is 0.366. The third-order valence-electron chi connectivity index (χ3n) is 5.76. The molecule has 0 atom stereocenters.